The predicted octanol–water partition coefficient (Wildman–Crippen LogP) is 0.813. The average molecular weight is 347 g/mol. The standard InChI is InChI=1S/C16H20ClFO5/c17-16(22)13(14(18)20)23-8-12(19)15(16,21)7-9-1-3-10(4-2-9)11-5-6-11/h1-4,11-14,19-22H,5-8H2/t12-,13+,14?,15+,16+/m0/s1. The number of hydrogen-bond acceptors (Lipinski definition) is 5. The van der Waals surface area contributed by atoms with Gasteiger partial charge in [0, 0.05) is 6.42 Å². The van der Waals surface area contributed by atoms with E-state index in [1.807, 2.05) is 12.1 Å². The summed E-state index contributed by atoms with van der Waals surface area (Å²) in [7, 11) is 0. The van der Waals surface area contributed by atoms with Gasteiger partial charge in [0.1, 0.15) is 11.7 Å². The first-order valence-electron chi connectivity index (χ1n) is 7.60. The van der Waals surface area contributed by atoms with Gasteiger partial charge in [0.15, 0.2) is 6.10 Å². The van der Waals surface area contributed by atoms with Gasteiger partial charge in [-0.25, -0.2) is 4.39 Å². The van der Waals surface area contributed by atoms with Gasteiger partial charge >= 0.3 is 0 Å². The average Bonchev–Trinajstić information content (AvgIpc) is 3.30. The van der Waals surface area contributed by atoms with Crippen molar-refractivity contribution in [1.29, 1.82) is 0 Å². The molecule has 1 unspecified atom stereocenters. The van der Waals surface area contributed by atoms with Crippen LogP contribution in [0.2, 0.25) is 0 Å². The van der Waals surface area contributed by atoms with Crippen LogP contribution in [0.3, 0.4) is 0 Å². The lowest BCUT2D eigenvalue weighted by Gasteiger charge is -2.49. The van der Waals surface area contributed by atoms with Gasteiger partial charge in [0.2, 0.25) is 11.4 Å². The van der Waals surface area contributed by atoms with Crippen molar-refractivity contribution in [1.82, 2.24) is 0 Å². The monoisotopic (exact) mass is 346 g/mol. The van der Waals surface area contributed by atoms with E-state index in [0.717, 1.165) is 12.8 Å². The van der Waals surface area contributed by atoms with Crippen molar-refractivity contribution in [3.05, 3.63) is 35.4 Å². The summed E-state index contributed by atoms with van der Waals surface area (Å²) in [5.74, 6) is 0.580. The van der Waals surface area contributed by atoms with E-state index in [0.29, 0.717) is 11.5 Å². The van der Waals surface area contributed by atoms with Gasteiger partial charge in [-0.1, -0.05) is 35.9 Å². The van der Waals surface area contributed by atoms with E-state index >= 15 is 0 Å². The first kappa shape index (κ1) is 17.1. The topological polar surface area (TPSA) is 90.2 Å². The summed E-state index contributed by atoms with van der Waals surface area (Å²) in [6.07, 6.45) is -3.85. The molecule has 1 aromatic rings. The molecule has 0 spiro atoms. The summed E-state index contributed by atoms with van der Waals surface area (Å²) < 4.78 is 18.1. The van der Waals surface area contributed by atoms with Crippen molar-refractivity contribution in [3.8, 4) is 0 Å². The van der Waals surface area contributed by atoms with Crippen LogP contribution in [0.15, 0.2) is 24.3 Å². The van der Waals surface area contributed by atoms with Crippen molar-refractivity contribution in [3.63, 3.8) is 0 Å². The fourth-order valence-electron chi connectivity index (χ4n) is 3.06. The Morgan fingerprint density at radius 3 is 2.39 bits per heavy atom. The molecule has 2 aliphatic rings. The Balaban J connectivity index is 1.84. The molecule has 5 nitrogen and oxygen atoms in total. The molecule has 0 aromatic heterocycles. The lowest BCUT2D eigenvalue weighted by Crippen LogP contribution is -2.71. The number of hydrogen-bond donors (Lipinski definition) is 4. The van der Waals surface area contributed by atoms with E-state index in [4.69, 9.17) is 21.4 Å². The molecule has 1 heterocycles. The Kier molecular flexibility index (Phi) is 4.42. The summed E-state index contributed by atoms with van der Waals surface area (Å²) in [4.78, 5) is 0. The zero-order chi connectivity index (χ0) is 16.8. The zero-order valence-electron chi connectivity index (χ0n) is 12.4. The van der Waals surface area contributed by atoms with Crippen LogP contribution < -0.4 is 0 Å². The first-order valence-corrected chi connectivity index (χ1v) is 7.98. The Morgan fingerprint density at radius 2 is 1.87 bits per heavy atom. The molecule has 128 valence electrons. The summed E-state index contributed by atoms with van der Waals surface area (Å²) >= 11 is 5.90. The van der Waals surface area contributed by atoms with Gasteiger partial charge in [-0.15, -0.1) is 0 Å². The quantitative estimate of drug-likeness (QED) is 0.606. The molecule has 4 N–H and O–H groups in total. The van der Waals surface area contributed by atoms with Crippen LogP contribution in [0, 0.1) is 0 Å². The maximum Gasteiger partial charge on any atom is 0.227 e. The SMILES string of the molecule is OC(F)[C@H]1OC[C@H](O)[C@](O)(Cc2ccc(C3CC3)cc2)[C@@]1(O)Cl. The van der Waals surface area contributed by atoms with Crippen molar-refractivity contribution in [2.24, 2.45) is 0 Å². The molecular formula is C16H20ClFO5. The second-order valence-corrected chi connectivity index (χ2v) is 7.01. The third-order valence-electron chi connectivity index (χ3n) is 4.72. The molecule has 0 amide bonds. The van der Waals surface area contributed by atoms with Crippen LogP contribution in [0.25, 0.3) is 0 Å². The van der Waals surface area contributed by atoms with E-state index in [1.54, 1.807) is 12.1 Å². The number of aliphatic hydroxyl groups is 4. The molecule has 0 radical (unpaired) electrons. The van der Waals surface area contributed by atoms with Crippen molar-refractivity contribution in [2.45, 2.75) is 54.4 Å². The third kappa shape index (κ3) is 2.99. The zero-order valence-corrected chi connectivity index (χ0v) is 13.2. The molecule has 1 aromatic carbocycles. The molecule has 0 bridgehead atoms. The Labute approximate surface area is 138 Å². The van der Waals surface area contributed by atoms with Crippen LogP contribution in [0.5, 0.6) is 0 Å². The van der Waals surface area contributed by atoms with Gasteiger partial charge in [-0.3, -0.25) is 0 Å². The lowest BCUT2D eigenvalue weighted by atomic mass is 9.79. The largest absolute Gasteiger partial charge is 0.388 e. The Morgan fingerprint density at radius 1 is 1.26 bits per heavy atom. The molecule has 5 atom stereocenters. The van der Waals surface area contributed by atoms with Gasteiger partial charge in [0.25, 0.3) is 0 Å². The lowest BCUT2D eigenvalue weighted by molar-refractivity contribution is -0.288. The first-order chi connectivity index (χ1) is 10.8. The minimum atomic E-state index is -2.67. The molecule has 1 aliphatic carbocycles. The molecule has 1 saturated carbocycles. The number of ether oxygens (including phenoxy) is 1. The number of aliphatic hydroxyl groups excluding tert-OH is 2. The smallest absolute Gasteiger partial charge is 0.227 e. The summed E-state index contributed by atoms with van der Waals surface area (Å²) in [5.41, 5.74) is -0.429. The summed E-state index contributed by atoms with van der Waals surface area (Å²) in [5, 5.41) is 37.5. The molecule has 1 saturated heterocycles. The minimum Gasteiger partial charge on any atom is -0.388 e. The normalized spacial score (nSPS) is 39.2. The summed E-state index contributed by atoms with van der Waals surface area (Å²) in [6.45, 7) is -0.447. The van der Waals surface area contributed by atoms with Crippen molar-refractivity contribution < 1.29 is 29.6 Å². The highest BCUT2D eigenvalue weighted by molar-refractivity contribution is 6.24. The van der Waals surface area contributed by atoms with Crippen LogP contribution in [-0.2, 0) is 11.2 Å². The second kappa shape index (κ2) is 5.95. The summed E-state index contributed by atoms with van der Waals surface area (Å²) in [6, 6.07) is 7.41. The van der Waals surface area contributed by atoms with Crippen molar-refractivity contribution >= 4 is 11.6 Å². The molecule has 2 fully saturated rings. The van der Waals surface area contributed by atoms with Crippen LogP contribution >= 0.6 is 11.6 Å². The highest BCUT2D eigenvalue weighted by atomic mass is 35.5. The highest BCUT2D eigenvalue weighted by Crippen LogP contribution is 2.43. The van der Waals surface area contributed by atoms with E-state index in [9.17, 15) is 19.7 Å². The minimum absolute atomic E-state index is 0.203. The fraction of sp³-hybridized carbons (Fsp3) is 0.625. The van der Waals surface area contributed by atoms with E-state index in [1.165, 1.54) is 5.56 Å². The van der Waals surface area contributed by atoms with Crippen LogP contribution in [0.1, 0.15) is 29.9 Å². The Hall–Kier alpha value is -0.760. The molecule has 23 heavy (non-hydrogen) atoms. The fourth-order valence-corrected chi connectivity index (χ4v) is 3.42. The molecule has 7 heteroatoms. The molecule has 3 rings (SSSR count). The van der Waals surface area contributed by atoms with Crippen LogP contribution in [0.4, 0.5) is 4.39 Å². The Bertz CT molecular complexity index is 560. The number of halogens is 2. The van der Waals surface area contributed by atoms with Gasteiger partial charge in [-0.05, 0) is 29.9 Å². The highest BCUT2D eigenvalue weighted by Gasteiger charge is 2.63. The van der Waals surface area contributed by atoms with Gasteiger partial charge in [0.05, 0.1) is 6.61 Å². The van der Waals surface area contributed by atoms with E-state index < -0.39 is 35.8 Å². The van der Waals surface area contributed by atoms with Gasteiger partial charge < -0.3 is 25.2 Å². The predicted molar refractivity (Wildman–Crippen MR) is 80.7 cm³/mol. The number of benzene rings is 1. The maximum absolute atomic E-state index is 13.2. The van der Waals surface area contributed by atoms with E-state index in [-0.39, 0.29) is 6.42 Å². The van der Waals surface area contributed by atoms with E-state index in [2.05, 4.69) is 0 Å². The maximum atomic E-state index is 13.2. The van der Waals surface area contributed by atoms with Crippen LogP contribution in [-0.4, -0.2) is 56.3 Å². The molecule has 1 aliphatic heterocycles. The van der Waals surface area contributed by atoms with Crippen molar-refractivity contribution in [2.75, 3.05) is 6.61 Å². The second-order valence-electron chi connectivity index (χ2n) is 6.43. The number of alkyl halides is 2. The third-order valence-corrected chi connectivity index (χ3v) is 5.26. The number of rotatable bonds is 4. The molecular weight excluding hydrogens is 327 g/mol. The van der Waals surface area contributed by atoms with Gasteiger partial charge in [-0.2, -0.15) is 0 Å².